The molecule has 0 aliphatic carbocycles. The SMILES string of the molecule is CCCNC(CO)CCOC. The number of ether oxygens (including phenoxy) is 1. The zero-order valence-corrected chi connectivity index (χ0v) is 7.47. The van der Waals surface area contributed by atoms with Gasteiger partial charge in [-0.1, -0.05) is 6.92 Å². The molecule has 0 aromatic rings. The topological polar surface area (TPSA) is 41.5 Å². The van der Waals surface area contributed by atoms with Gasteiger partial charge in [0.2, 0.25) is 0 Å². The van der Waals surface area contributed by atoms with Crippen LogP contribution in [0.2, 0.25) is 0 Å². The van der Waals surface area contributed by atoms with Crippen molar-refractivity contribution >= 4 is 0 Å². The second-order valence-electron chi connectivity index (χ2n) is 2.62. The summed E-state index contributed by atoms with van der Waals surface area (Å²) in [5, 5.41) is 12.1. The first-order valence-electron chi connectivity index (χ1n) is 4.18. The fourth-order valence-corrected chi connectivity index (χ4v) is 0.866. The average Bonchev–Trinajstić information content (AvgIpc) is 2.05. The number of aliphatic hydroxyl groups excluding tert-OH is 1. The summed E-state index contributed by atoms with van der Waals surface area (Å²) in [5.41, 5.74) is 0. The minimum absolute atomic E-state index is 0.198. The maximum absolute atomic E-state index is 8.86. The third-order valence-electron chi connectivity index (χ3n) is 1.57. The summed E-state index contributed by atoms with van der Waals surface area (Å²) in [4.78, 5) is 0. The third kappa shape index (κ3) is 6.28. The van der Waals surface area contributed by atoms with Gasteiger partial charge in [0.15, 0.2) is 0 Å². The molecule has 3 heteroatoms. The van der Waals surface area contributed by atoms with Gasteiger partial charge < -0.3 is 15.2 Å². The zero-order valence-electron chi connectivity index (χ0n) is 7.47. The van der Waals surface area contributed by atoms with Crippen LogP contribution >= 0.6 is 0 Å². The lowest BCUT2D eigenvalue weighted by Gasteiger charge is -2.14. The Hall–Kier alpha value is -0.120. The lowest BCUT2D eigenvalue weighted by Crippen LogP contribution is -2.33. The molecule has 3 nitrogen and oxygen atoms in total. The van der Waals surface area contributed by atoms with E-state index in [0.29, 0.717) is 6.61 Å². The van der Waals surface area contributed by atoms with Crippen LogP contribution in [-0.4, -0.2) is 38.0 Å². The molecule has 0 rings (SSSR count). The van der Waals surface area contributed by atoms with E-state index in [2.05, 4.69) is 12.2 Å². The predicted molar refractivity (Wildman–Crippen MR) is 45.7 cm³/mol. The molecule has 1 atom stereocenters. The molecule has 0 heterocycles. The van der Waals surface area contributed by atoms with Crippen LogP contribution in [0.1, 0.15) is 19.8 Å². The first-order valence-corrected chi connectivity index (χ1v) is 4.18. The van der Waals surface area contributed by atoms with Crippen LogP contribution < -0.4 is 5.32 Å². The van der Waals surface area contributed by atoms with Gasteiger partial charge in [0.05, 0.1) is 6.61 Å². The highest BCUT2D eigenvalue weighted by molar-refractivity contribution is 4.63. The van der Waals surface area contributed by atoms with Crippen LogP contribution in [0, 0.1) is 0 Å². The fourth-order valence-electron chi connectivity index (χ4n) is 0.866. The van der Waals surface area contributed by atoms with E-state index in [1.165, 1.54) is 0 Å². The second-order valence-corrected chi connectivity index (χ2v) is 2.62. The molecule has 11 heavy (non-hydrogen) atoms. The van der Waals surface area contributed by atoms with E-state index in [9.17, 15) is 0 Å². The van der Waals surface area contributed by atoms with Gasteiger partial charge in [-0.2, -0.15) is 0 Å². The molecule has 1 unspecified atom stereocenters. The van der Waals surface area contributed by atoms with E-state index in [-0.39, 0.29) is 12.6 Å². The van der Waals surface area contributed by atoms with Crippen LogP contribution in [0.15, 0.2) is 0 Å². The van der Waals surface area contributed by atoms with Gasteiger partial charge in [-0.25, -0.2) is 0 Å². The standard InChI is InChI=1S/C8H19NO2/c1-3-5-9-8(7-10)4-6-11-2/h8-10H,3-7H2,1-2H3. The Labute approximate surface area is 68.8 Å². The summed E-state index contributed by atoms with van der Waals surface area (Å²) in [5.74, 6) is 0. The van der Waals surface area contributed by atoms with E-state index in [1.54, 1.807) is 7.11 Å². The number of rotatable bonds is 7. The Bertz CT molecular complexity index is 70.5. The van der Waals surface area contributed by atoms with Crippen molar-refractivity contribution in [1.82, 2.24) is 5.32 Å². The summed E-state index contributed by atoms with van der Waals surface area (Å²) in [6.45, 7) is 3.98. The molecule has 0 aromatic carbocycles. The Balaban J connectivity index is 3.25. The normalized spacial score (nSPS) is 13.4. The van der Waals surface area contributed by atoms with Crippen LogP contribution in [0.25, 0.3) is 0 Å². The average molecular weight is 161 g/mol. The van der Waals surface area contributed by atoms with Gasteiger partial charge in [-0.3, -0.25) is 0 Å². The number of methoxy groups -OCH3 is 1. The molecular formula is C8H19NO2. The van der Waals surface area contributed by atoms with Crippen LogP contribution in [0.4, 0.5) is 0 Å². The van der Waals surface area contributed by atoms with Crippen LogP contribution in [-0.2, 0) is 4.74 Å². The van der Waals surface area contributed by atoms with Crippen molar-refractivity contribution in [2.24, 2.45) is 0 Å². The molecule has 0 amide bonds. The third-order valence-corrected chi connectivity index (χ3v) is 1.57. The highest BCUT2D eigenvalue weighted by atomic mass is 16.5. The molecular weight excluding hydrogens is 142 g/mol. The summed E-state index contributed by atoms with van der Waals surface area (Å²) in [7, 11) is 1.67. The minimum atomic E-state index is 0.198. The molecule has 0 spiro atoms. The molecule has 68 valence electrons. The number of nitrogens with one attached hydrogen (secondary N) is 1. The molecule has 0 saturated carbocycles. The monoisotopic (exact) mass is 161 g/mol. The summed E-state index contributed by atoms with van der Waals surface area (Å²) in [6.07, 6.45) is 1.98. The molecule has 0 aromatic heterocycles. The molecule has 2 N–H and O–H groups in total. The Morgan fingerprint density at radius 3 is 2.73 bits per heavy atom. The first kappa shape index (κ1) is 10.9. The summed E-state index contributed by atoms with van der Waals surface area (Å²) >= 11 is 0. The van der Waals surface area contributed by atoms with Crippen molar-refractivity contribution in [2.45, 2.75) is 25.8 Å². The summed E-state index contributed by atoms with van der Waals surface area (Å²) in [6, 6.07) is 0.204. The van der Waals surface area contributed by atoms with Gasteiger partial charge >= 0.3 is 0 Å². The number of aliphatic hydroxyl groups is 1. The second kappa shape index (κ2) is 7.98. The molecule has 0 aliphatic rings. The molecule has 0 aliphatic heterocycles. The Morgan fingerprint density at radius 1 is 1.55 bits per heavy atom. The van der Waals surface area contributed by atoms with Crippen molar-refractivity contribution in [2.75, 3.05) is 26.9 Å². The van der Waals surface area contributed by atoms with Crippen LogP contribution in [0.5, 0.6) is 0 Å². The zero-order chi connectivity index (χ0) is 8.53. The van der Waals surface area contributed by atoms with Crippen molar-refractivity contribution in [3.63, 3.8) is 0 Å². The van der Waals surface area contributed by atoms with Crippen LogP contribution in [0.3, 0.4) is 0 Å². The molecule has 0 saturated heterocycles. The van der Waals surface area contributed by atoms with Gasteiger partial charge in [-0.05, 0) is 19.4 Å². The number of hydrogen-bond acceptors (Lipinski definition) is 3. The molecule has 0 fully saturated rings. The largest absolute Gasteiger partial charge is 0.395 e. The van der Waals surface area contributed by atoms with E-state index in [1.807, 2.05) is 0 Å². The van der Waals surface area contributed by atoms with Gasteiger partial charge in [-0.15, -0.1) is 0 Å². The first-order chi connectivity index (χ1) is 5.35. The van der Waals surface area contributed by atoms with E-state index in [4.69, 9.17) is 9.84 Å². The van der Waals surface area contributed by atoms with Gasteiger partial charge in [0.1, 0.15) is 0 Å². The summed E-state index contributed by atoms with van der Waals surface area (Å²) < 4.78 is 4.90. The van der Waals surface area contributed by atoms with E-state index < -0.39 is 0 Å². The lowest BCUT2D eigenvalue weighted by molar-refractivity contribution is 0.160. The lowest BCUT2D eigenvalue weighted by atomic mass is 10.2. The number of hydrogen-bond donors (Lipinski definition) is 2. The highest BCUT2D eigenvalue weighted by Gasteiger charge is 2.03. The van der Waals surface area contributed by atoms with E-state index in [0.717, 1.165) is 19.4 Å². The highest BCUT2D eigenvalue weighted by Crippen LogP contribution is 1.91. The predicted octanol–water partition coefficient (Wildman–Crippen LogP) is 0.383. The molecule has 0 radical (unpaired) electrons. The minimum Gasteiger partial charge on any atom is -0.395 e. The van der Waals surface area contributed by atoms with Gasteiger partial charge in [0, 0.05) is 19.8 Å². The maximum Gasteiger partial charge on any atom is 0.0585 e. The Kier molecular flexibility index (Phi) is 7.89. The fraction of sp³-hybridized carbons (Fsp3) is 1.00. The quantitative estimate of drug-likeness (QED) is 0.567. The smallest absolute Gasteiger partial charge is 0.0585 e. The van der Waals surface area contributed by atoms with Crippen molar-refractivity contribution in [3.05, 3.63) is 0 Å². The molecule has 0 bridgehead atoms. The van der Waals surface area contributed by atoms with Crippen molar-refractivity contribution in [1.29, 1.82) is 0 Å². The van der Waals surface area contributed by atoms with Crippen molar-refractivity contribution in [3.8, 4) is 0 Å². The Morgan fingerprint density at radius 2 is 2.27 bits per heavy atom. The van der Waals surface area contributed by atoms with E-state index >= 15 is 0 Å². The van der Waals surface area contributed by atoms with Crippen molar-refractivity contribution < 1.29 is 9.84 Å². The van der Waals surface area contributed by atoms with Gasteiger partial charge in [0.25, 0.3) is 0 Å². The maximum atomic E-state index is 8.86.